The first-order chi connectivity index (χ1) is 9.27. The van der Waals surface area contributed by atoms with Crippen molar-refractivity contribution in [2.75, 3.05) is 26.4 Å². The molecule has 0 spiro atoms. The van der Waals surface area contributed by atoms with Crippen molar-refractivity contribution >= 4 is 5.91 Å². The molecule has 1 amide bonds. The van der Waals surface area contributed by atoms with Crippen molar-refractivity contribution in [3.8, 4) is 5.75 Å². The van der Waals surface area contributed by atoms with Crippen LogP contribution in [0.3, 0.4) is 0 Å². The Kier molecular flexibility index (Phi) is 5.15. The lowest BCUT2D eigenvalue weighted by Gasteiger charge is -2.21. The van der Waals surface area contributed by atoms with E-state index in [0.29, 0.717) is 19.8 Å². The highest BCUT2D eigenvalue weighted by Crippen LogP contribution is 2.15. The highest BCUT2D eigenvalue weighted by atomic mass is 19.1. The second-order valence-electron chi connectivity index (χ2n) is 4.46. The maximum atomic E-state index is 13.2. The Morgan fingerprint density at radius 1 is 1.37 bits per heavy atom. The third-order valence-corrected chi connectivity index (χ3v) is 3.09. The molecule has 0 atom stereocenters. The van der Waals surface area contributed by atoms with Crippen molar-refractivity contribution < 1.29 is 18.7 Å². The quantitative estimate of drug-likeness (QED) is 0.827. The first-order valence-electron chi connectivity index (χ1n) is 6.50. The van der Waals surface area contributed by atoms with Crippen LogP contribution >= 0.6 is 0 Å². The van der Waals surface area contributed by atoms with Gasteiger partial charge in [0.25, 0.3) is 0 Å². The van der Waals surface area contributed by atoms with E-state index in [2.05, 4.69) is 5.32 Å². The number of hydrogen-bond acceptors (Lipinski definition) is 3. The van der Waals surface area contributed by atoms with Crippen molar-refractivity contribution in [2.45, 2.75) is 12.8 Å². The summed E-state index contributed by atoms with van der Waals surface area (Å²) in [7, 11) is 0. The smallest absolute Gasteiger partial charge is 0.223 e. The van der Waals surface area contributed by atoms with Crippen LogP contribution in [0.2, 0.25) is 0 Å². The lowest BCUT2D eigenvalue weighted by molar-refractivity contribution is -0.127. The number of ether oxygens (including phenoxy) is 2. The molecule has 2 rings (SSSR count). The zero-order chi connectivity index (χ0) is 13.5. The number of carbonyl (C=O) groups excluding carboxylic acids is 1. The number of rotatable bonds is 5. The molecule has 1 aliphatic heterocycles. The van der Waals surface area contributed by atoms with Gasteiger partial charge in [-0.3, -0.25) is 4.79 Å². The largest absolute Gasteiger partial charge is 0.489 e. The van der Waals surface area contributed by atoms with Gasteiger partial charge in [0, 0.05) is 19.1 Å². The minimum atomic E-state index is -0.391. The number of hydrogen-bond donors (Lipinski definition) is 1. The summed E-state index contributed by atoms with van der Waals surface area (Å²) < 4.78 is 23.7. The number of nitrogens with one attached hydrogen (secondary N) is 1. The number of amides is 1. The summed E-state index contributed by atoms with van der Waals surface area (Å²) in [6.45, 7) is 1.92. The van der Waals surface area contributed by atoms with E-state index in [1.807, 2.05) is 0 Å². The van der Waals surface area contributed by atoms with Crippen molar-refractivity contribution in [1.82, 2.24) is 5.32 Å². The zero-order valence-corrected chi connectivity index (χ0v) is 10.7. The molecule has 1 aromatic rings. The SMILES string of the molecule is O=C(NCCOc1ccccc1F)C1CCOCC1. The van der Waals surface area contributed by atoms with Gasteiger partial charge in [0.15, 0.2) is 11.6 Å². The highest BCUT2D eigenvalue weighted by molar-refractivity contribution is 5.78. The highest BCUT2D eigenvalue weighted by Gasteiger charge is 2.20. The molecule has 0 aliphatic carbocycles. The van der Waals surface area contributed by atoms with Gasteiger partial charge in [-0.1, -0.05) is 12.1 Å². The molecular formula is C14H18FNO3. The first-order valence-corrected chi connectivity index (χ1v) is 6.50. The Balaban J connectivity index is 1.66. The van der Waals surface area contributed by atoms with Crippen molar-refractivity contribution in [3.63, 3.8) is 0 Å². The van der Waals surface area contributed by atoms with E-state index in [9.17, 15) is 9.18 Å². The van der Waals surface area contributed by atoms with Gasteiger partial charge in [-0.05, 0) is 25.0 Å². The van der Waals surface area contributed by atoms with E-state index in [1.54, 1.807) is 18.2 Å². The molecule has 1 saturated heterocycles. The van der Waals surface area contributed by atoms with Gasteiger partial charge in [0.1, 0.15) is 6.61 Å². The Labute approximate surface area is 111 Å². The fourth-order valence-electron chi connectivity index (χ4n) is 2.00. The van der Waals surface area contributed by atoms with Crippen LogP contribution in [0.25, 0.3) is 0 Å². The van der Waals surface area contributed by atoms with Crippen LogP contribution in [0.15, 0.2) is 24.3 Å². The molecule has 1 N–H and O–H groups in total. The first kappa shape index (κ1) is 13.8. The molecule has 1 heterocycles. The molecule has 4 nitrogen and oxygen atoms in total. The Morgan fingerprint density at radius 3 is 2.84 bits per heavy atom. The molecule has 0 radical (unpaired) electrons. The van der Waals surface area contributed by atoms with E-state index in [-0.39, 0.29) is 24.2 Å². The fourth-order valence-corrected chi connectivity index (χ4v) is 2.00. The van der Waals surface area contributed by atoms with Crippen molar-refractivity contribution in [2.24, 2.45) is 5.92 Å². The van der Waals surface area contributed by atoms with Crippen LogP contribution in [-0.2, 0) is 9.53 Å². The van der Waals surface area contributed by atoms with Gasteiger partial charge >= 0.3 is 0 Å². The van der Waals surface area contributed by atoms with Gasteiger partial charge in [-0.2, -0.15) is 0 Å². The fraction of sp³-hybridized carbons (Fsp3) is 0.500. The van der Waals surface area contributed by atoms with Gasteiger partial charge in [0.05, 0.1) is 6.54 Å². The number of benzene rings is 1. The summed E-state index contributed by atoms with van der Waals surface area (Å²) in [5.41, 5.74) is 0. The van der Waals surface area contributed by atoms with Gasteiger partial charge in [0.2, 0.25) is 5.91 Å². The summed E-state index contributed by atoms with van der Waals surface area (Å²) >= 11 is 0. The number of para-hydroxylation sites is 1. The number of carbonyl (C=O) groups is 1. The molecule has 1 fully saturated rings. The van der Waals surface area contributed by atoms with Crippen LogP contribution in [0, 0.1) is 11.7 Å². The molecule has 1 aliphatic rings. The van der Waals surface area contributed by atoms with Crippen LogP contribution < -0.4 is 10.1 Å². The van der Waals surface area contributed by atoms with E-state index in [0.717, 1.165) is 12.8 Å². The average molecular weight is 267 g/mol. The summed E-state index contributed by atoms with van der Waals surface area (Å²) in [5.74, 6) is -0.122. The third kappa shape index (κ3) is 4.21. The molecule has 1 aromatic carbocycles. The molecule has 0 aromatic heterocycles. The second-order valence-corrected chi connectivity index (χ2v) is 4.46. The molecule has 0 unspecified atom stereocenters. The van der Waals surface area contributed by atoms with Crippen LogP contribution in [0.5, 0.6) is 5.75 Å². The van der Waals surface area contributed by atoms with Crippen LogP contribution in [0.4, 0.5) is 4.39 Å². The lowest BCUT2D eigenvalue weighted by atomic mass is 9.99. The topological polar surface area (TPSA) is 47.6 Å². The van der Waals surface area contributed by atoms with Crippen molar-refractivity contribution in [1.29, 1.82) is 0 Å². The molecule has 19 heavy (non-hydrogen) atoms. The minimum absolute atomic E-state index is 0.0282. The molecule has 0 saturated carbocycles. The number of halogens is 1. The van der Waals surface area contributed by atoms with E-state index in [1.165, 1.54) is 6.07 Å². The zero-order valence-electron chi connectivity index (χ0n) is 10.7. The summed E-state index contributed by atoms with van der Waals surface area (Å²) in [4.78, 5) is 11.8. The molecule has 5 heteroatoms. The molecule has 104 valence electrons. The minimum Gasteiger partial charge on any atom is -0.489 e. The van der Waals surface area contributed by atoms with Crippen LogP contribution in [-0.4, -0.2) is 32.3 Å². The van der Waals surface area contributed by atoms with Crippen LogP contribution in [0.1, 0.15) is 12.8 Å². The Hall–Kier alpha value is -1.62. The Morgan fingerprint density at radius 2 is 2.11 bits per heavy atom. The standard InChI is InChI=1S/C14H18FNO3/c15-12-3-1-2-4-13(12)19-10-7-16-14(17)11-5-8-18-9-6-11/h1-4,11H,5-10H2,(H,16,17). The summed E-state index contributed by atoms with van der Waals surface area (Å²) in [6.07, 6.45) is 1.53. The third-order valence-electron chi connectivity index (χ3n) is 3.09. The van der Waals surface area contributed by atoms with E-state index in [4.69, 9.17) is 9.47 Å². The maximum Gasteiger partial charge on any atom is 0.223 e. The van der Waals surface area contributed by atoms with Gasteiger partial charge in [-0.15, -0.1) is 0 Å². The second kappa shape index (κ2) is 7.09. The maximum absolute atomic E-state index is 13.2. The summed E-state index contributed by atoms with van der Waals surface area (Å²) in [6, 6.07) is 6.22. The van der Waals surface area contributed by atoms with Gasteiger partial charge in [-0.25, -0.2) is 4.39 Å². The average Bonchev–Trinajstić information content (AvgIpc) is 2.46. The molecular weight excluding hydrogens is 249 g/mol. The van der Waals surface area contributed by atoms with Crippen molar-refractivity contribution in [3.05, 3.63) is 30.1 Å². The monoisotopic (exact) mass is 267 g/mol. The molecule has 0 bridgehead atoms. The normalized spacial score (nSPS) is 16.1. The lowest BCUT2D eigenvalue weighted by Crippen LogP contribution is -2.36. The van der Waals surface area contributed by atoms with E-state index >= 15 is 0 Å². The summed E-state index contributed by atoms with van der Waals surface area (Å²) in [5, 5.41) is 2.80. The predicted molar refractivity (Wildman–Crippen MR) is 68.4 cm³/mol. The predicted octanol–water partition coefficient (Wildman–Crippen LogP) is 1.75. The Bertz CT molecular complexity index is 419. The van der Waals surface area contributed by atoms with E-state index < -0.39 is 5.82 Å². The van der Waals surface area contributed by atoms with Gasteiger partial charge < -0.3 is 14.8 Å².